The van der Waals surface area contributed by atoms with E-state index >= 15 is 0 Å². The van der Waals surface area contributed by atoms with Gasteiger partial charge in [-0.05, 0) is 19.7 Å². The SMILES string of the molecule is Cc1[c-]cc(OC(C)C)n[c-]1.[Rf].[Rh]. The van der Waals surface area contributed by atoms with E-state index in [1.54, 1.807) is 6.07 Å². The van der Waals surface area contributed by atoms with E-state index in [0.29, 0.717) is 5.88 Å². The predicted molar refractivity (Wildman–Crippen MR) is 42.4 cm³/mol. The summed E-state index contributed by atoms with van der Waals surface area (Å²) in [5, 5.41) is 0. The zero-order valence-electron chi connectivity index (χ0n) is 8.05. The van der Waals surface area contributed by atoms with Gasteiger partial charge in [0.2, 0.25) is 0 Å². The molecule has 71 valence electrons. The Morgan fingerprint density at radius 2 is 2.08 bits per heavy atom. The standard InChI is InChI=1S/C9H11NO.Rf.Rh/c1-7(2)11-9-5-4-8(3)6-10-9;;/h5,7H,1-3H3;;/q-2;;. The predicted octanol–water partition coefficient (Wildman–Crippen LogP) is 1.78. The van der Waals surface area contributed by atoms with Crippen molar-refractivity contribution in [1.29, 1.82) is 0 Å². The van der Waals surface area contributed by atoms with Crippen molar-refractivity contribution in [1.82, 2.24) is 4.98 Å². The monoisotopic (exact) mass is 519 g/mol. The van der Waals surface area contributed by atoms with E-state index in [0.717, 1.165) is 5.56 Å². The molecule has 0 saturated carbocycles. The number of aryl methyl sites for hydroxylation is 1. The summed E-state index contributed by atoms with van der Waals surface area (Å²) in [7, 11) is 0. The number of rotatable bonds is 2. The Balaban J connectivity index is 0. The largest absolute Gasteiger partial charge is 0.591 e. The van der Waals surface area contributed by atoms with Crippen LogP contribution in [0, 0.1) is 19.2 Å². The fraction of sp³-hybridized carbons (Fsp3) is 0.444. The van der Waals surface area contributed by atoms with Crippen LogP contribution in [0.1, 0.15) is 19.4 Å². The molecule has 0 unspecified atom stereocenters. The van der Waals surface area contributed by atoms with E-state index in [1.807, 2.05) is 20.8 Å². The second-order valence-corrected chi connectivity index (χ2v) is 2.64. The molecule has 0 atom stereocenters. The second kappa shape index (κ2) is 6.13. The summed E-state index contributed by atoms with van der Waals surface area (Å²) in [6.45, 7) is 5.81. The number of nitrogens with zero attached hydrogens (tertiary/aromatic N) is 1. The zero-order valence-corrected chi connectivity index (χ0v) is 16.1. The molecule has 1 aromatic rings. The second-order valence-electron chi connectivity index (χ2n) is 2.64. The summed E-state index contributed by atoms with van der Waals surface area (Å²) >= 11 is 0. The first-order valence-electron chi connectivity index (χ1n) is 3.62. The molecular weight excluding hydrogens is 508 g/mol. The molecule has 1 radical (unpaired) electrons. The molecule has 0 spiro atoms. The van der Waals surface area contributed by atoms with E-state index in [4.69, 9.17) is 4.74 Å². The summed E-state index contributed by atoms with van der Waals surface area (Å²) in [5.41, 5.74) is 0.904. The average Bonchev–Trinajstić information content (AvgIpc) is 1.93. The summed E-state index contributed by atoms with van der Waals surface area (Å²) in [4.78, 5) is 3.94. The van der Waals surface area contributed by atoms with Crippen molar-refractivity contribution < 1.29 is 24.2 Å². The quantitative estimate of drug-likeness (QED) is 0.440. The van der Waals surface area contributed by atoms with E-state index in [1.165, 1.54) is 0 Å². The molecule has 0 amide bonds. The molecule has 0 bridgehead atoms. The van der Waals surface area contributed by atoms with Crippen LogP contribution in [-0.2, 0) is 19.5 Å². The first kappa shape index (κ1) is 14.1. The average molecular weight is 519 g/mol. The molecule has 2 nitrogen and oxygen atoms in total. The van der Waals surface area contributed by atoms with E-state index in [9.17, 15) is 0 Å². The molecule has 1 rings (SSSR count). The van der Waals surface area contributed by atoms with Gasteiger partial charge in [0, 0.05) is 19.5 Å². The Morgan fingerprint density at radius 1 is 1.46 bits per heavy atom. The third-order valence-corrected chi connectivity index (χ3v) is 1.10. The third kappa shape index (κ3) is 4.92. The topological polar surface area (TPSA) is 22.1 Å². The zero-order chi connectivity index (χ0) is 8.27. The molecule has 0 aliphatic rings. The number of hydrogen-bond acceptors (Lipinski definition) is 2. The van der Waals surface area contributed by atoms with Gasteiger partial charge in [0.05, 0.1) is 6.10 Å². The summed E-state index contributed by atoms with van der Waals surface area (Å²) in [6, 6.07) is 4.69. The fourth-order valence-corrected chi connectivity index (χ4v) is 0.675. The first-order chi connectivity index (χ1) is 5.18. The smallest absolute Gasteiger partial charge is 0.0653 e. The number of hydrogen-bond donors (Lipinski definition) is 0. The van der Waals surface area contributed by atoms with Crippen molar-refractivity contribution in [3.8, 4) is 5.88 Å². The molecular formula is C9H11NORfRh-2. The van der Waals surface area contributed by atoms with Crippen molar-refractivity contribution in [2.45, 2.75) is 26.9 Å². The van der Waals surface area contributed by atoms with Gasteiger partial charge in [-0.2, -0.15) is 0 Å². The minimum atomic E-state index is 0. The Kier molecular flexibility index (Phi) is 6.66. The summed E-state index contributed by atoms with van der Waals surface area (Å²) in [5.74, 6) is 0.589. The molecule has 0 aliphatic carbocycles. The van der Waals surface area contributed by atoms with Gasteiger partial charge in [-0.3, -0.25) is 11.8 Å². The maximum atomic E-state index is 5.30. The molecule has 1 heterocycles. The minimum Gasteiger partial charge on any atom is -0.591 e. The maximum Gasteiger partial charge on any atom is 0.0653 e. The van der Waals surface area contributed by atoms with Crippen LogP contribution < -0.4 is 4.74 Å². The first-order valence-corrected chi connectivity index (χ1v) is 3.62. The van der Waals surface area contributed by atoms with E-state index in [-0.39, 0.29) is 25.6 Å². The van der Waals surface area contributed by atoms with Gasteiger partial charge < -0.3 is 15.8 Å². The van der Waals surface area contributed by atoms with Crippen molar-refractivity contribution >= 4 is 0 Å². The van der Waals surface area contributed by atoms with Gasteiger partial charge in [0.1, 0.15) is 0 Å². The Labute approximate surface area is 86.1 Å². The van der Waals surface area contributed by atoms with E-state index in [2.05, 4.69) is 17.2 Å². The van der Waals surface area contributed by atoms with Crippen LogP contribution in [0.15, 0.2) is 6.07 Å². The molecule has 1 aromatic heterocycles. The van der Waals surface area contributed by atoms with Gasteiger partial charge in [-0.1, -0.05) is 6.92 Å². The summed E-state index contributed by atoms with van der Waals surface area (Å²) in [6.07, 6.45) is 2.93. The normalized spacial score (nSPS) is 8.62. The Hall–Kier alpha value is -1.43. The van der Waals surface area contributed by atoms with Crippen molar-refractivity contribution in [3.05, 3.63) is 23.9 Å². The van der Waals surface area contributed by atoms with Crippen LogP contribution in [0.2, 0.25) is 0 Å². The van der Waals surface area contributed by atoms with Crippen LogP contribution in [0.3, 0.4) is 0 Å². The molecule has 0 N–H and O–H groups in total. The van der Waals surface area contributed by atoms with E-state index < -0.39 is 0 Å². The minimum absolute atomic E-state index is 0. The molecule has 13 heavy (non-hydrogen) atoms. The fourth-order valence-electron chi connectivity index (χ4n) is 0.675. The van der Waals surface area contributed by atoms with Gasteiger partial charge in [-0.25, -0.2) is 6.07 Å². The van der Waals surface area contributed by atoms with Crippen LogP contribution in [-0.4, -0.2) is 11.1 Å². The van der Waals surface area contributed by atoms with Gasteiger partial charge >= 0.3 is 0 Å². The van der Waals surface area contributed by atoms with Gasteiger partial charge in [0.15, 0.2) is 0 Å². The molecule has 0 fully saturated rings. The van der Waals surface area contributed by atoms with Crippen molar-refractivity contribution in [2.75, 3.05) is 0 Å². The Morgan fingerprint density at radius 3 is 2.46 bits per heavy atom. The number of pyridine rings is 1. The van der Waals surface area contributed by atoms with Crippen molar-refractivity contribution in [2.24, 2.45) is 0 Å². The Bertz CT molecular complexity index is 226. The van der Waals surface area contributed by atoms with Crippen LogP contribution in [0.4, 0.5) is 0 Å². The van der Waals surface area contributed by atoms with Crippen LogP contribution in [0.5, 0.6) is 5.88 Å². The number of ether oxygens (including phenoxy) is 1. The molecule has 0 saturated heterocycles. The number of aromatic nitrogens is 1. The molecule has 4 heteroatoms. The van der Waals surface area contributed by atoms with Gasteiger partial charge in [0.25, 0.3) is 0 Å². The third-order valence-electron chi connectivity index (χ3n) is 1.10. The molecule has 0 aliphatic heterocycles. The van der Waals surface area contributed by atoms with Crippen LogP contribution in [0.25, 0.3) is 0 Å². The van der Waals surface area contributed by atoms with Gasteiger partial charge in [-0.15, -0.1) is 0 Å². The van der Waals surface area contributed by atoms with Crippen molar-refractivity contribution in [3.63, 3.8) is 0 Å². The molecule has 0 aromatic carbocycles. The van der Waals surface area contributed by atoms with Crippen LogP contribution >= 0.6 is 0 Å². The maximum absolute atomic E-state index is 5.30. The summed E-state index contributed by atoms with van der Waals surface area (Å²) < 4.78 is 5.30.